The summed E-state index contributed by atoms with van der Waals surface area (Å²) in [6.45, 7) is 1.06. The second-order valence-electron chi connectivity index (χ2n) is 14.1. The fourth-order valence-electron chi connectivity index (χ4n) is 7.44. The van der Waals surface area contributed by atoms with Crippen LogP contribution >= 0.6 is 11.3 Å². The van der Waals surface area contributed by atoms with Gasteiger partial charge in [-0.1, -0.05) is 17.4 Å². The maximum Gasteiger partial charge on any atom is 0.435 e. The van der Waals surface area contributed by atoms with E-state index >= 15 is 8.78 Å². The molecule has 0 bridgehead atoms. The van der Waals surface area contributed by atoms with Gasteiger partial charge in [-0.15, -0.1) is 0 Å². The number of carbonyl (C=O) groups is 2. The van der Waals surface area contributed by atoms with E-state index in [1.807, 2.05) is 0 Å². The van der Waals surface area contributed by atoms with Crippen LogP contribution in [0.3, 0.4) is 0 Å². The van der Waals surface area contributed by atoms with Gasteiger partial charge in [-0.05, 0) is 67.1 Å². The van der Waals surface area contributed by atoms with Crippen LogP contribution < -0.4 is 16.0 Å². The number of aromatic nitrogens is 4. The number of primary amides is 1. The molecule has 5 aromatic rings. The number of amides is 2. The average Bonchev–Trinajstić information content (AvgIpc) is 3.51. The molecule has 54 heavy (non-hydrogen) atoms. The molecule has 10 nitrogen and oxygen atoms in total. The van der Waals surface area contributed by atoms with Crippen molar-refractivity contribution in [2.45, 2.75) is 56.0 Å². The standard InChI is InChI=1S/C35H27F8N7O3S/c1-33(53)12-49(13-33)32-47-31-24(54-32)10-18(15-2-3-22(38)20(7-15)30(44)52)27(46-31)23(6-14-4-16(36)8-17(37)5-14)45-25(51)11-50-29-26(28(48-50)35(41,42)43)19-9-21(19)34(29,39)40/h2-5,7-8,10,19,21,23,53H,6,9,11-13H2,1H3,(H2,44,52)(H,45,51)/t19?,21-,23+/m1/s1. The molecule has 2 fully saturated rings. The third-order valence-corrected chi connectivity index (χ3v) is 10.9. The molecule has 19 heteroatoms. The number of thiazole rings is 1. The van der Waals surface area contributed by atoms with Crippen molar-refractivity contribution in [3.05, 3.63) is 93.7 Å². The quantitative estimate of drug-likeness (QED) is 0.157. The lowest BCUT2D eigenvalue weighted by molar-refractivity contribution is -0.142. The summed E-state index contributed by atoms with van der Waals surface area (Å²) in [6.07, 6.45) is -5.62. The topological polar surface area (TPSA) is 139 Å². The molecule has 3 aliphatic rings. The number of aliphatic hydroxyl groups is 1. The minimum atomic E-state index is -5.07. The number of hydrogen-bond donors (Lipinski definition) is 3. The summed E-state index contributed by atoms with van der Waals surface area (Å²) in [7, 11) is 0. The number of hydrogen-bond acceptors (Lipinski definition) is 8. The highest BCUT2D eigenvalue weighted by atomic mass is 32.1. The number of anilines is 1. The zero-order valence-corrected chi connectivity index (χ0v) is 28.6. The number of fused-ring (bicyclic) bond motifs is 4. The number of β-amino-alcohol motifs (C(OH)–C–C–N with tert-alkyl or cyclic N) is 1. The second-order valence-corrected chi connectivity index (χ2v) is 15.1. The molecule has 0 spiro atoms. The van der Waals surface area contributed by atoms with Crippen LogP contribution in [0, 0.1) is 23.4 Å². The predicted octanol–water partition coefficient (Wildman–Crippen LogP) is 5.97. The molecule has 1 saturated carbocycles. The summed E-state index contributed by atoms with van der Waals surface area (Å²) in [5, 5.41) is 16.7. The first-order valence-electron chi connectivity index (χ1n) is 16.5. The highest BCUT2D eigenvalue weighted by molar-refractivity contribution is 7.22. The highest BCUT2D eigenvalue weighted by Crippen LogP contribution is 2.68. The van der Waals surface area contributed by atoms with E-state index in [-0.39, 0.29) is 47.5 Å². The van der Waals surface area contributed by atoms with Crippen molar-refractivity contribution in [1.82, 2.24) is 25.1 Å². The molecular weight excluding hydrogens is 750 g/mol. The Morgan fingerprint density at radius 2 is 1.78 bits per heavy atom. The lowest BCUT2D eigenvalue weighted by Gasteiger charge is -2.43. The predicted molar refractivity (Wildman–Crippen MR) is 177 cm³/mol. The van der Waals surface area contributed by atoms with Gasteiger partial charge in [-0.25, -0.2) is 18.2 Å². The van der Waals surface area contributed by atoms with Crippen molar-refractivity contribution >= 4 is 38.6 Å². The van der Waals surface area contributed by atoms with Gasteiger partial charge in [0.2, 0.25) is 5.91 Å². The molecule has 1 saturated heterocycles. The number of rotatable bonds is 9. The number of alkyl halides is 5. The van der Waals surface area contributed by atoms with Crippen molar-refractivity contribution in [3.63, 3.8) is 0 Å². The molecule has 0 radical (unpaired) electrons. The van der Waals surface area contributed by atoms with Crippen molar-refractivity contribution in [1.29, 1.82) is 0 Å². The zero-order chi connectivity index (χ0) is 38.6. The Morgan fingerprint density at radius 1 is 1.07 bits per heavy atom. The number of halogens is 8. The highest BCUT2D eigenvalue weighted by Gasteiger charge is 2.68. The lowest BCUT2D eigenvalue weighted by atomic mass is 9.94. The minimum absolute atomic E-state index is 0.00434. The lowest BCUT2D eigenvalue weighted by Crippen LogP contribution is -2.60. The summed E-state index contributed by atoms with van der Waals surface area (Å²) in [6, 6.07) is 6.16. The largest absolute Gasteiger partial charge is 0.435 e. The van der Waals surface area contributed by atoms with E-state index < -0.39 is 100 Å². The Bertz CT molecular complexity index is 2370. The molecule has 2 aliphatic carbocycles. The monoisotopic (exact) mass is 777 g/mol. The van der Waals surface area contributed by atoms with E-state index in [9.17, 15) is 41.0 Å². The molecule has 8 rings (SSSR count). The smallest absolute Gasteiger partial charge is 0.386 e. The van der Waals surface area contributed by atoms with E-state index in [1.165, 1.54) is 17.4 Å². The molecule has 282 valence electrons. The summed E-state index contributed by atoms with van der Waals surface area (Å²) in [4.78, 5) is 36.9. The maximum absolute atomic E-state index is 15.3. The number of benzene rings is 2. The van der Waals surface area contributed by atoms with E-state index in [0.29, 0.717) is 20.6 Å². The molecule has 3 aromatic heterocycles. The Labute approximate surface area is 303 Å². The van der Waals surface area contributed by atoms with Crippen LogP contribution in [0.25, 0.3) is 21.5 Å². The van der Waals surface area contributed by atoms with Crippen molar-refractivity contribution in [2.75, 3.05) is 18.0 Å². The Balaban J connectivity index is 1.24. The van der Waals surface area contributed by atoms with Gasteiger partial charge in [-0.2, -0.15) is 32.0 Å². The fourth-order valence-corrected chi connectivity index (χ4v) is 8.39. The number of carbonyl (C=O) groups excluding carboxylic acids is 2. The third-order valence-electron chi connectivity index (χ3n) is 9.80. The van der Waals surface area contributed by atoms with Gasteiger partial charge < -0.3 is 21.1 Å². The van der Waals surface area contributed by atoms with Crippen molar-refractivity contribution < 1.29 is 49.8 Å². The van der Waals surface area contributed by atoms with Crippen LogP contribution in [0.5, 0.6) is 0 Å². The molecule has 4 heterocycles. The van der Waals surface area contributed by atoms with E-state index in [1.54, 1.807) is 17.9 Å². The summed E-state index contributed by atoms with van der Waals surface area (Å²) in [5.41, 5.74) is 1.23. The van der Waals surface area contributed by atoms with Crippen molar-refractivity contribution in [2.24, 2.45) is 11.7 Å². The molecule has 2 amide bonds. The summed E-state index contributed by atoms with van der Waals surface area (Å²) in [5.74, 6) is -11.2. The number of nitrogens with two attached hydrogens (primary N) is 1. The summed E-state index contributed by atoms with van der Waals surface area (Å²) >= 11 is 1.18. The third kappa shape index (κ3) is 6.21. The van der Waals surface area contributed by atoms with Crippen LogP contribution in [-0.2, 0) is 29.9 Å². The van der Waals surface area contributed by atoms with Crippen LogP contribution in [0.1, 0.15) is 63.9 Å². The molecule has 1 aliphatic heterocycles. The zero-order valence-electron chi connectivity index (χ0n) is 27.8. The van der Waals surface area contributed by atoms with E-state index in [2.05, 4.69) is 20.4 Å². The van der Waals surface area contributed by atoms with E-state index in [0.717, 1.165) is 24.3 Å². The van der Waals surface area contributed by atoms with E-state index in [4.69, 9.17) is 5.73 Å². The second kappa shape index (κ2) is 12.2. The fraction of sp³-hybridized carbons (Fsp3) is 0.343. The molecule has 3 atom stereocenters. The van der Waals surface area contributed by atoms with Gasteiger partial charge in [0.15, 0.2) is 16.5 Å². The van der Waals surface area contributed by atoms with Crippen LogP contribution in [0.15, 0.2) is 42.5 Å². The van der Waals surface area contributed by atoms with Crippen LogP contribution in [-0.4, -0.2) is 55.4 Å². The van der Waals surface area contributed by atoms with Crippen LogP contribution in [0.4, 0.5) is 40.3 Å². The van der Waals surface area contributed by atoms with Gasteiger partial charge in [0, 0.05) is 23.1 Å². The first-order chi connectivity index (χ1) is 25.3. The van der Waals surface area contributed by atoms with Gasteiger partial charge in [0.1, 0.15) is 29.7 Å². The molecule has 1 unspecified atom stereocenters. The number of pyridine rings is 1. The maximum atomic E-state index is 15.3. The van der Waals surface area contributed by atoms with Gasteiger partial charge in [0.05, 0.1) is 40.7 Å². The van der Waals surface area contributed by atoms with Crippen LogP contribution in [0.2, 0.25) is 0 Å². The number of nitrogens with zero attached hydrogens (tertiary/aromatic N) is 5. The molecule has 2 aromatic carbocycles. The molecular formula is C35H27F8N7O3S. The summed E-state index contributed by atoms with van der Waals surface area (Å²) < 4.78 is 117. The first kappa shape index (κ1) is 35.8. The molecule has 4 N–H and O–H groups in total. The number of nitrogens with one attached hydrogen (secondary N) is 1. The minimum Gasteiger partial charge on any atom is -0.386 e. The first-order valence-corrected chi connectivity index (χ1v) is 17.3. The normalized spacial score (nSPS) is 20.0. The van der Waals surface area contributed by atoms with Gasteiger partial charge >= 0.3 is 6.18 Å². The van der Waals surface area contributed by atoms with Gasteiger partial charge in [0.25, 0.3) is 11.8 Å². The average molecular weight is 778 g/mol. The Kier molecular flexibility index (Phi) is 8.08. The van der Waals surface area contributed by atoms with Crippen molar-refractivity contribution in [3.8, 4) is 11.1 Å². The SMILES string of the molecule is CC1(O)CN(c2nc3nc([C@H](Cc4cc(F)cc(F)c4)NC(=O)Cn4nc(C(F)(F)F)c5c4C(F)(F)[C@@H]4CC54)c(-c4ccc(F)c(C(N)=O)c4)cc3s2)C1. The van der Waals surface area contributed by atoms with Gasteiger partial charge in [-0.3, -0.25) is 14.3 Å². The Hall–Kier alpha value is -5.17. The Morgan fingerprint density at radius 3 is 2.43 bits per heavy atom.